The zero-order chi connectivity index (χ0) is 23.2. The number of amides is 1. The van der Waals surface area contributed by atoms with Gasteiger partial charge in [-0.3, -0.25) is 9.78 Å². The van der Waals surface area contributed by atoms with Gasteiger partial charge in [-0.2, -0.15) is 13.2 Å². The topological polar surface area (TPSA) is 89.0 Å². The highest BCUT2D eigenvalue weighted by Crippen LogP contribution is 2.42. The Morgan fingerprint density at radius 3 is 2.53 bits per heavy atom. The highest BCUT2D eigenvalue weighted by molar-refractivity contribution is 5.80. The van der Waals surface area contributed by atoms with Crippen LogP contribution in [0.5, 0.6) is 0 Å². The molecule has 4 rings (SSSR count). The van der Waals surface area contributed by atoms with Crippen molar-refractivity contribution in [1.29, 1.82) is 0 Å². The van der Waals surface area contributed by atoms with Crippen molar-refractivity contribution in [3.63, 3.8) is 0 Å². The van der Waals surface area contributed by atoms with Crippen LogP contribution in [0.2, 0.25) is 0 Å². The summed E-state index contributed by atoms with van der Waals surface area (Å²) in [5.41, 5.74) is 0.848. The number of hydrogen-bond donors (Lipinski definition) is 1. The number of halogens is 3. The summed E-state index contributed by atoms with van der Waals surface area (Å²) in [5.74, 6) is -1.80. The SMILES string of the molecule is O=C(C1CC=CC1)N1CC2(C1)OCCC2CCOCc1ccccn1.O=C(O)C(F)(F)F. The number of ether oxygens (including phenoxy) is 2. The summed E-state index contributed by atoms with van der Waals surface area (Å²) >= 11 is 0. The van der Waals surface area contributed by atoms with Gasteiger partial charge >= 0.3 is 12.1 Å². The number of likely N-dealkylation sites (tertiary alicyclic amines) is 1. The van der Waals surface area contributed by atoms with Crippen LogP contribution in [-0.4, -0.2) is 64.9 Å². The molecule has 1 atom stereocenters. The number of aliphatic carboxylic acids is 1. The predicted octanol–water partition coefficient (Wildman–Crippen LogP) is 3.21. The van der Waals surface area contributed by atoms with Gasteiger partial charge in [-0.05, 0) is 43.7 Å². The van der Waals surface area contributed by atoms with Gasteiger partial charge in [-0.1, -0.05) is 18.2 Å². The lowest BCUT2D eigenvalue weighted by Gasteiger charge is -2.51. The van der Waals surface area contributed by atoms with E-state index in [4.69, 9.17) is 19.4 Å². The Hall–Kier alpha value is -2.46. The maximum atomic E-state index is 12.5. The summed E-state index contributed by atoms with van der Waals surface area (Å²) in [6.45, 7) is 3.59. The van der Waals surface area contributed by atoms with Crippen molar-refractivity contribution < 1.29 is 37.3 Å². The zero-order valence-electron chi connectivity index (χ0n) is 17.6. The van der Waals surface area contributed by atoms with E-state index in [1.54, 1.807) is 6.20 Å². The fourth-order valence-corrected chi connectivity index (χ4v) is 4.26. The maximum Gasteiger partial charge on any atom is 0.490 e. The number of nitrogens with zero attached hydrogens (tertiary/aromatic N) is 2. The summed E-state index contributed by atoms with van der Waals surface area (Å²) < 4.78 is 43.6. The molecule has 1 aromatic rings. The molecule has 0 radical (unpaired) electrons. The van der Waals surface area contributed by atoms with Gasteiger partial charge in [0.25, 0.3) is 0 Å². The predicted molar refractivity (Wildman–Crippen MR) is 107 cm³/mol. The normalized spacial score (nSPS) is 21.8. The van der Waals surface area contributed by atoms with Crippen molar-refractivity contribution in [3.8, 4) is 0 Å². The number of pyridine rings is 1. The van der Waals surface area contributed by atoms with Crippen LogP contribution in [0.25, 0.3) is 0 Å². The van der Waals surface area contributed by atoms with Crippen molar-refractivity contribution >= 4 is 11.9 Å². The molecule has 3 heterocycles. The van der Waals surface area contributed by atoms with E-state index in [-0.39, 0.29) is 11.5 Å². The molecular formula is C22H27F3N2O5. The van der Waals surface area contributed by atoms with E-state index in [0.29, 0.717) is 25.0 Å². The molecule has 1 aliphatic carbocycles. The van der Waals surface area contributed by atoms with Gasteiger partial charge in [0, 0.05) is 25.3 Å². The van der Waals surface area contributed by atoms with Crippen LogP contribution in [0.15, 0.2) is 36.5 Å². The number of carboxylic acids is 1. The van der Waals surface area contributed by atoms with Gasteiger partial charge in [-0.15, -0.1) is 0 Å². The first-order valence-corrected chi connectivity index (χ1v) is 10.6. The minimum Gasteiger partial charge on any atom is -0.475 e. The molecular weight excluding hydrogens is 429 g/mol. The standard InChI is InChI=1S/C20H26N2O3.C2HF3O2/c23-19(16-5-1-2-6-16)22-14-20(15-22)17(9-12-25-20)8-11-24-13-18-7-3-4-10-21-18;3-2(4,5)1(6)7/h1-4,7,10,16-17H,5-6,8-9,11-15H2;(H,6,7). The van der Waals surface area contributed by atoms with Crippen molar-refractivity contribution in [2.45, 2.75) is 44.1 Å². The third-order valence-corrected chi connectivity index (χ3v) is 6.01. The molecule has 1 spiro atoms. The molecule has 1 aromatic heterocycles. The average molecular weight is 456 g/mol. The Bertz CT molecular complexity index is 802. The fraction of sp³-hybridized carbons (Fsp3) is 0.591. The number of allylic oxidation sites excluding steroid dienone is 2. The molecule has 1 N–H and O–H groups in total. The number of alkyl halides is 3. The van der Waals surface area contributed by atoms with Gasteiger partial charge in [0.05, 0.1) is 25.4 Å². The third-order valence-electron chi connectivity index (χ3n) is 6.01. The summed E-state index contributed by atoms with van der Waals surface area (Å²) in [7, 11) is 0. The smallest absolute Gasteiger partial charge is 0.475 e. The van der Waals surface area contributed by atoms with Gasteiger partial charge in [-0.25, -0.2) is 4.79 Å². The average Bonchev–Trinajstić information content (AvgIpc) is 3.40. The molecule has 1 unspecified atom stereocenters. The van der Waals surface area contributed by atoms with Gasteiger partial charge in [0.2, 0.25) is 5.91 Å². The molecule has 10 heteroatoms. The molecule has 3 aliphatic rings. The van der Waals surface area contributed by atoms with Gasteiger partial charge in [0.15, 0.2) is 0 Å². The highest BCUT2D eigenvalue weighted by atomic mass is 19.4. The summed E-state index contributed by atoms with van der Waals surface area (Å²) in [5, 5.41) is 7.12. The van der Waals surface area contributed by atoms with E-state index in [1.807, 2.05) is 23.1 Å². The molecule has 2 fully saturated rings. The van der Waals surface area contributed by atoms with Crippen LogP contribution in [0.1, 0.15) is 31.4 Å². The lowest BCUT2D eigenvalue weighted by molar-refractivity contribution is -0.192. The molecule has 32 heavy (non-hydrogen) atoms. The minimum atomic E-state index is -5.08. The van der Waals surface area contributed by atoms with Gasteiger partial charge in [0.1, 0.15) is 5.60 Å². The summed E-state index contributed by atoms with van der Waals surface area (Å²) in [6.07, 6.45) is 4.79. The van der Waals surface area contributed by atoms with Crippen LogP contribution < -0.4 is 0 Å². The molecule has 0 aromatic carbocycles. The second-order valence-electron chi connectivity index (χ2n) is 8.20. The van der Waals surface area contributed by atoms with Crippen LogP contribution in [0.4, 0.5) is 13.2 Å². The number of carboxylic acid groups (broad SMARTS) is 1. The fourth-order valence-electron chi connectivity index (χ4n) is 4.26. The number of aromatic nitrogens is 1. The Kier molecular flexibility index (Phi) is 7.89. The molecule has 2 saturated heterocycles. The molecule has 176 valence electrons. The van der Waals surface area contributed by atoms with Crippen molar-refractivity contribution in [2.24, 2.45) is 11.8 Å². The first kappa shape index (κ1) is 24.2. The molecule has 1 amide bonds. The number of rotatable bonds is 6. The van der Waals surface area contributed by atoms with E-state index in [1.165, 1.54) is 0 Å². The van der Waals surface area contributed by atoms with E-state index in [2.05, 4.69) is 17.1 Å². The Labute approximate surface area is 184 Å². The monoisotopic (exact) mass is 456 g/mol. The third kappa shape index (κ3) is 6.07. The second kappa shape index (κ2) is 10.4. The Morgan fingerprint density at radius 1 is 1.25 bits per heavy atom. The Balaban J connectivity index is 0.000000360. The second-order valence-corrected chi connectivity index (χ2v) is 8.20. The van der Waals surface area contributed by atoms with Crippen molar-refractivity contribution in [1.82, 2.24) is 9.88 Å². The first-order chi connectivity index (χ1) is 15.2. The van der Waals surface area contributed by atoms with Crippen LogP contribution >= 0.6 is 0 Å². The maximum absolute atomic E-state index is 12.5. The first-order valence-electron chi connectivity index (χ1n) is 10.6. The summed E-state index contributed by atoms with van der Waals surface area (Å²) in [4.78, 5) is 27.6. The molecule has 0 saturated carbocycles. The van der Waals surface area contributed by atoms with Crippen LogP contribution in [-0.2, 0) is 25.7 Å². The number of hydrogen-bond acceptors (Lipinski definition) is 5. The van der Waals surface area contributed by atoms with Gasteiger partial charge < -0.3 is 19.5 Å². The summed E-state index contributed by atoms with van der Waals surface area (Å²) in [6, 6.07) is 5.87. The largest absolute Gasteiger partial charge is 0.490 e. The number of carbonyl (C=O) groups excluding carboxylic acids is 1. The van der Waals surface area contributed by atoms with Crippen molar-refractivity contribution in [3.05, 3.63) is 42.2 Å². The number of carbonyl (C=O) groups is 2. The molecule has 7 nitrogen and oxygen atoms in total. The van der Waals surface area contributed by atoms with E-state index in [0.717, 1.165) is 51.1 Å². The highest BCUT2D eigenvalue weighted by Gasteiger charge is 2.54. The van der Waals surface area contributed by atoms with Crippen LogP contribution in [0.3, 0.4) is 0 Å². The molecule has 0 bridgehead atoms. The lowest BCUT2D eigenvalue weighted by atomic mass is 9.78. The lowest BCUT2D eigenvalue weighted by Crippen LogP contribution is -2.66. The van der Waals surface area contributed by atoms with E-state index >= 15 is 0 Å². The molecule has 2 aliphatic heterocycles. The van der Waals surface area contributed by atoms with Crippen molar-refractivity contribution in [2.75, 3.05) is 26.3 Å². The van der Waals surface area contributed by atoms with E-state index < -0.39 is 12.1 Å². The van der Waals surface area contributed by atoms with Crippen LogP contribution in [0, 0.1) is 11.8 Å². The quantitative estimate of drug-likeness (QED) is 0.523. The zero-order valence-corrected chi connectivity index (χ0v) is 17.6. The minimum absolute atomic E-state index is 0.115. The Morgan fingerprint density at radius 2 is 1.94 bits per heavy atom. The van der Waals surface area contributed by atoms with E-state index in [9.17, 15) is 18.0 Å².